The van der Waals surface area contributed by atoms with E-state index in [1.165, 1.54) is 0 Å². The molecule has 0 bridgehead atoms. The first kappa shape index (κ1) is 25.4. The number of guanidine groups is 1. The van der Waals surface area contributed by atoms with Gasteiger partial charge >= 0.3 is 0 Å². The van der Waals surface area contributed by atoms with Crippen molar-refractivity contribution in [3.63, 3.8) is 0 Å². The van der Waals surface area contributed by atoms with Gasteiger partial charge in [0.2, 0.25) is 0 Å². The highest BCUT2D eigenvalue weighted by Gasteiger charge is 2.31. The highest BCUT2D eigenvalue weighted by Crippen LogP contribution is 2.19. The van der Waals surface area contributed by atoms with Crippen molar-refractivity contribution in [2.75, 3.05) is 20.2 Å². The maximum Gasteiger partial charge on any atom is 0.192 e. The van der Waals surface area contributed by atoms with Gasteiger partial charge in [-0.25, -0.2) is 4.99 Å². The van der Waals surface area contributed by atoms with E-state index in [1.54, 1.807) is 7.11 Å². The second kappa shape index (κ2) is 11.7. The number of nitrogens with zero attached hydrogens (tertiary/aromatic N) is 5. The van der Waals surface area contributed by atoms with Crippen LogP contribution in [0.25, 0.3) is 0 Å². The average molecular weight is 541 g/mol. The van der Waals surface area contributed by atoms with Crippen LogP contribution in [0.2, 0.25) is 0 Å². The van der Waals surface area contributed by atoms with Crippen molar-refractivity contribution in [3.05, 3.63) is 41.5 Å². The number of ether oxygens (including phenoxy) is 1. The summed E-state index contributed by atoms with van der Waals surface area (Å²) in [5.74, 6) is 3.99. The van der Waals surface area contributed by atoms with Crippen LogP contribution in [-0.4, -0.2) is 57.9 Å². The molecule has 2 atom stereocenters. The Morgan fingerprint density at radius 1 is 1.23 bits per heavy atom. The van der Waals surface area contributed by atoms with Crippen molar-refractivity contribution in [3.8, 4) is 5.75 Å². The zero-order chi connectivity index (χ0) is 21.7. The molecule has 2 aromatic rings. The molecule has 8 nitrogen and oxygen atoms in total. The molecule has 1 fully saturated rings. The number of nitrogens with one attached hydrogen (secondary N) is 2. The highest BCUT2D eigenvalue weighted by molar-refractivity contribution is 14.0. The SMILES string of the molecule is COc1ccc(CN=C(NCc2nnc(C)n2C)NC2CN(C(C)C)CC2C)cc1.I. The third-order valence-corrected chi connectivity index (χ3v) is 5.87. The Hall–Kier alpha value is -1.88. The number of halogens is 1. The Labute approximate surface area is 202 Å². The summed E-state index contributed by atoms with van der Waals surface area (Å²) < 4.78 is 7.24. The molecule has 2 N–H and O–H groups in total. The molecule has 1 aromatic carbocycles. The molecule has 2 heterocycles. The van der Waals surface area contributed by atoms with Gasteiger partial charge in [-0.2, -0.15) is 0 Å². The Morgan fingerprint density at radius 2 is 1.94 bits per heavy atom. The quantitative estimate of drug-likeness (QED) is 0.319. The molecule has 172 valence electrons. The van der Waals surface area contributed by atoms with Crippen LogP contribution in [0.5, 0.6) is 5.75 Å². The van der Waals surface area contributed by atoms with Gasteiger partial charge in [-0.05, 0) is 44.4 Å². The predicted molar refractivity (Wildman–Crippen MR) is 135 cm³/mol. The van der Waals surface area contributed by atoms with Crippen LogP contribution in [0, 0.1) is 12.8 Å². The summed E-state index contributed by atoms with van der Waals surface area (Å²) in [6, 6.07) is 8.93. The largest absolute Gasteiger partial charge is 0.497 e. The zero-order valence-corrected chi connectivity index (χ0v) is 21.8. The Bertz CT molecular complexity index is 850. The molecule has 3 rings (SSSR count). The number of hydrogen-bond donors (Lipinski definition) is 2. The smallest absolute Gasteiger partial charge is 0.192 e. The van der Waals surface area contributed by atoms with Crippen LogP contribution >= 0.6 is 24.0 Å². The van der Waals surface area contributed by atoms with Crippen LogP contribution in [-0.2, 0) is 20.1 Å². The standard InChI is InChI=1S/C22H35N7O.HI/c1-15(2)29-13-16(3)20(14-29)25-22(24-12-21-27-26-17(4)28(21)5)23-11-18-7-9-19(30-6)10-8-18;/h7-10,15-16,20H,11-14H2,1-6H3,(H2,23,24,25);1H. The minimum atomic E-state index is 0. The van der Waals surface area contributed by atoms with E-state index in [4.69, 9.17) is 9.73 Å². The first-order valence-electron chi connectivity index (χ1n) is 10.6. The fraction of sp³-hybridized carbons (Fsp3) is 0.591. The molecular weight excluding hydrogens is 505 g/mol. The van der Waals surface area contributed by atoms with Crippen molar-refractivity contribution in [1.82, 2.24) is 30.3 Å². The Morgan fingerprint density at radius 3 is 2.48 bits per heavy atom. The summed E-state index contributed by atoms with van der Waals surface area (Å²) in [4.78, 5) is 7.36. The molecule has 1 aliphatic heterocycles. The van der Waals surface area contributed by atoms with Gasteiger partial charge in [-0.3, -0.25) is 4.90 Å². The zero-order valence-electron chi connectivity index (χ0n) is 19.4. The molecule has 9 heteroatoms. The fourth-order valence-corrected chi connectivity index (χ4v) is 3.61. The van der Waals surface area contributed by atoms with E-state index in [2.05, 4.69) is 46.5 Å². The molecule has 2 unspecified atom stereocenters. The van der Waals surface area contributed by atoms with Crippen molar-refractivity contribution < 1.29 is 4.74 Å². The molecular formula is C22H36IN7O. The van der Waals surface area contributed by atoms with Crippen LogP contribution in [0.3, 0.4) is 0 Å². The van der Waals surface area contributed by atoms with Crippen molar-refractivity contribution in [1.29, 1.82) is 0 Å². The summed E-state index contributed by atoms with van der Waals surface area (Å²) in [5, 5.41) is 15.5. The minimum absolute atomic E-state index is 0. The molecule has 0 radical (unpaired) electrons. The number of hydrogen-bond acceptors (Lipinski definition) is 5. The van der Waals surface area contributed by atoms with Gasteiger partial charge < -0.3 is 19.9 Å². The topological polar surface area (TPSA) is 79.6 Å². The molecule has 31 heavy (non-hydrogen) atoms. The predicted octanol–water partition coefficient (Wildman–Crippen LogP) is 2.71. The molecule has 0 saturated carbocycles. The van der Waals surface area contributed by atoms with Gasteiger partial charge in [-0.1, -0.05) is 19.1 Å². The molecule has 1 saturated heterocycles. The summed E-state index contributed by atoms with van der Waals surface area (Å²) in [6.45, 7) is 12.0. The number of methoxy groups -OCH3 is 1. The van der Waals surface area contributed by atoms with Crippen LogP contribution < -0.4 is 15.4 Å². The Balaban J connectivity index is 0.00000341. The first-order valence-corrected chi connectivity index (χ1v) is 10.6. The number of aliphatic imine (C=N–C) groups is 1. The third-order valence-electron chi connectivity index (χ3n) is 5.87. The van der Waals surface area contributed by atoms with Crippen molar-refractivity contribution >= 4 is 29.9 Å². The minimum Gasteiger partial charge on any atom is -0.497 e. The van der Waals surface area contributed by atoms with Gasteiger partial charge in [0.1, 0.15) is 11.6 Å². The lowest BCUT2D eigenvalue weighted by atomic mass is 10.1. The van der Waals surface area contributed by atoms with Gasteiger partial charge in [0.25, 0.3) is 0 Å². The first-order chi connectivity index (χ1) is 14.4. The van der Waals surface area contributed by atoms with Crippen LogP contribution in [0.15, 0.2) is 29.3 Å². The number of rotatable bonds is 7. The summed E-state index contributed by atoms with van der Waals surface area (Å²) >= 11 is 0. The van der Waals surface area contributed by atoms with Gasteiger partial charge in [0, 0.05) is 32.2 Å². The lowest BCUT2D eigenvalue weighted by molar-refractivity contribution is 0.265. The van der Waals surface area contributed by atoms with Gasteiger partial charge in [0.05, 0.1) is 20.2 Å². The van der Waals surface area contributed by atoms with Crippen LogP contribution in [0.4, 0.5) is 0 Å². The second-order valence-corrected chi connectivity index (χ2v) is 8.36. The lowest BCUT2D eigenvalue weighted by Crippen LogP contribution is -2.46. The molecule has 0 aliphatic carbocycles. The summed E-state index contributed by atoms with van der Waals surface area (Å²) in [6.07, 6.45) is 0. The summed E-state index contributed by atoms with van der Waals surface area (Å²) in [7, 11) is 3.66. The normalized spacial score (nSPS) is 19.4. The van der Waals surface area contributed by atoms with E-state index in [0.29, 0.717) is 31.1 Å². The molecule has 0 spiro atoms. The molecule has 0 amide bonds. The maximum atomic E-state index is 5.24. The van der Waals surface area contributed by atoms with E-state index in [-0.39, 0.29) is 24.0 Å². The van der Waals surface area contributed by atoms with E-state index >= 15 is 0 Å². The van der Waals surface area contributed by atoms with Gasteiger partial charge in [0.15, 0.2) is 11.8 Å². The Kier molecular flexibility index (Phi) is 9.54. The molecule has 1 aliphatic rings. The van der Waals surface area contributed by atoms with Crippen molar-refractivity contribution in [2.45, 2.75) is 52.9 Å². The average Bonchev–Trinajstić information content (AvgIpc) is 3.27. The third kappa shape index (κ3) is 6.80. The molecule has 1 aromatic heterocycles. The monoisotopic (exact) mass is 541 g/mol. The number of aryl methyl sites for hydroxylation is 1. The highest BCUT2D eigenvalue weighted by atomic mass is 127. The fourth-order valence-electron chi connectivity index (χ4n) is 3.61. The second-order valence-electron chi connectivity index (χ2n) is 8.36. The van der Waals surface area contributed by atoms with E-state index in [0.717, 1.165) is 42.0 Å². The van der Waals surface area contributed by atoms with Crippen LogP contribution in [0.1, 0.15) is 38.0 Å². The number of benzene rings is 1. The van der Waals surface area contributed by atoms with E-state index in [1.807, 2.05) is 42.8 Å². The van der Waals surface area contributed by atoms with E-state index in [9.17, 15) is 0 Å². The maximum absolute atomic E-state index is 5.24. The number of likely N-dealkylation sites (tertiary alicyclic amines) is 1. The van der Waals surface area contributed by atoms with Crippen molar-refractivity contribution in [2.24, 2.45) is 18.0 Å². The summed E-state index contributed by atoms with van der Waals surface area (Å²) in [5.41, 5.74) is 1.13. The lowest BCUT2D eigenvalue weighted by Gasteiger charge is -2.22. The van der Waals surface area contributed by atoms with Gasteiger partial charge in [-0.15, -0.1) is 34.2 Å². The van der Waals surface area contributed by atoms with E-state index < -0.39 is 0 Å². The number of aromatic nitrogens is 3.